The normalized spacial score (nSPS) is 18.1. The van der Waals surface area contributed by atoms with Crippen molar-refractivity contribution in [1.29, 1.82) is 0 Å². The highest BCUT2D eigenvalue weighted by Crippen LogP contribution is 2.38. The lowest BCUT2D eigenvalue weighted by molar-refractivity contribution is 0.563. The fourth-order valence-electron chi connectivity index (χ4n) is 1.75. The van der Waals surface area contributed by atoms with Crippen molar-refractivity contribution in [2.24, 2.45) is 11.7 Å². The molecule has 3 heteroatoms. The van der Waals surface area contributed by atoms with Crippen LogP contribution in [0, 0.1) is 11.9 Å². The van der Waals surface area contributed by atoms with E-state index in [-0.39, 0.29) is 0 Å². The minimum absolute atomic E-state index is 0.357. The van der Waals surface area contributed by atoms with Gasteiger partial charge in [0.05, 0.1) is 0 Å². The predicted molar refractivity (Wildman–Crippen MR) is 53.3 cm³/mol. The van der Waals surface area contributed by atoms with Gasteiger partial charge < -0.3 is 5.73 Å². The summed E-state index contributed by atoms with van der Waals surface area (Å²) < 4.78 is 12.6. The standard InChI is InChI=1S/C11H15FN2/c12-11-4-3-9(7-14-11)10(6-13)5-8-1-2-8/h3-4,7-8,10H,1-2,5-6,13H2. The van der Waals surface area contributed by atoms with Crippen molar-refractivity contribution in [2.45, 2.75) is 25.2 Å². The average Bonchev–Trinajstić information content (AvgIpc) is 3.00. The van der Waals surface area contributed by atoms with Gasteiger partial charge in [-0.1, -0.05) is 18.9 Å². The number of rotatable bonds is 4. The van der Waals surface area contributed by atoms with Gasteiger partial charge in [-0.15, -0.1) is 0 Å². The zero-order chi connectivity index (χ0) is 9.97. The smallest absolute Gasteiger partial charge is 0.212 e. The lowest BCUT2D eigenvalue weighted by Crippen LogP contribution is -2.13. The van der Waals surface area contributed by atoms with Crippen LogP contribution in [0.3, 0.4) is 0 Å². The van der Waals surface area contributed by atoms with Gasteiger partial charge >= 0.3 is 0 Å². The molecule has 1 fully saturated rings. The van der Waals surface area contributed by atoms with E-state index >= 15 is 0 Å². The van der Waals surface area contributed by atoms with E-state index in [0.29, 0.717) is 12.5 Å². The van der Waals surface area contributed by atoms with E-state index in [1.807, 2.05) is 0 Å². The van der Waals surface area contributed by atoms with Crippen molar-refractivity contribution in [3.05, 3.63) is 29.8 Å². The highest BCUT2D eigenvalue weighted by molar-refractivity contribution is 5.16. The summed E-state index contributed by atoms with van der Waals surface area (Å²) in [5.41, 5.74) is 6.77. The van der Waals surface area contributed by atoms with Crippen molar-refractivity contribution in [3.8, 4) is 0 Å². The van der Waals surface area contributed by atoms with Crippen molar-refractivity contribution in [2.75, 3.05) is 6.54 Å². The first-order valence-corrected chi connectivity index (χ1v) is 5.11. The molecule has 0 bridgehead atoms. The molecule has 2 nitrogen and oxygen atoms in total. The van der Waals surface area contributed by atoms with E-state index in [1.54, 1.807) is 12.3 Å². The van der Waals surface area contributed by atoms with E-state index in [1.165, 1.54) is 18.9 Å². The monoisotopic (exact) mass is 194 g/mol. The zero-order valence-electron chi connectivity index (χ0n) is 8.12. The Balaban J connectivity index is 2.05. The van der Waals surface area contributed by atoms with Gasteiger partial charge in [-0.2, -0.15) is 4.39 Å². The Morgan fingerprint density at radius 1 is 1.50 bits per heavy atom. The third-order valence-electron chi connectivity index (χ3n) is 2.82. The Bertz CT molecular complexity index is 293. The maximum atomic E-state index is 12.6. The van der Waals surface area contributed by atoms with Gasteiger partial charge in [-0.3, -0.25) is 0 Å². The summed E-state index contributed by atoms with van der Waals surface area (Å²) in [6.45, 7) is 0.629. The van der Waals surface area contributed by atoms with Crippen LogP contribution in [-0.2, 0) is 0 Å². The van der Waals surface area contributed by atoms with Crippen molar-refractivity contribution in [3.63, 3.8) is 0 Å². The van der Waals surface area contributed by atoms with E-state index < -0.39 is 5.95 Å². The van der Waals surface area contributed by atoms with Gasteiger partial charge in [0.1, 0.15) is 0 Å². The third kappa shape index (κ3) is 2.29. The number of nitrogens with two attached hydrogens (primary N) is 1. The Morgan fingerprint density at radius 3 is 2.79 bits per heavy atom. The number of halogens is 1. The van der Waals surface area contributed by atoms with E-state index in [9.17, 15) is 4.39 Å². The molecule has 0 spiro atoms. The minimum Gasteiger partial charge on any atom is -0.330 e. The molecule has 1 atom stereocenters. The number of hydrogen-bond donors (Lipinski definition) is 1. The van der Waals surface area contributed by atoms with Crippen LogP contribution in [0.5, 0.6) is 0 Å². The largest absolute Gasteiger partial charge is 0.330 e. The van der Waals surface area contributed by atoms with Crippen LogP contribution in [0.4, 0.5) is 4.39 Å². The molecular weight excluding hydrogens is 179 g/mol. The fraction of sp³-hybridized carbons (Fsp3) is 0.545. The average molecular weight is 194 g/mol. The molecule has 1 aromatic heterocycles. The predicted octanol–water partition coefficient (Wildman–Crippen LogP) is 2.06. The molecule has 1 aromatic rings. The van der Waals surface area contributed by atoms with Crippen LogP contribution in [0.1, 0.15) is 30.7 Å². The second-order valence-electron chi connectivity index (χ2n) is 4.03. The van der Waals surface area contributed by atoms with Crippen molar-refractivity contribution < 1.29 is 4.39 Å². The highest BCUT2D eigenvalue weighted by atomic mass is 19.1. The van der Waals surface area contributed by atoms with Crippen LogP contribution in [0.15, 0.2) is 18.3 Å². The fourth-order valence-corrected chi connectivity index (χ4v) is 1.75. The van der Waals surface area contributed by atoms with E-state index in [2.05, 4.69) is 4.98 Å². The molecule has 1 heterocycles. The summed E-state index contributed by atoms with van der Waals surface area (Å²) >= 11 is 0. The summed E-state index contributed by atoms with van der Waals surface area (Å²) in [6, 6.07) is 3.20. The molecule has 14 heavy (non-hydrogen) atoms. The van der Waals surface area contributed by atoms with Gasteiger partial charge in [0.25, 0.3) is 0 Å². The molecule has 0 amide bonds. The highest BCUT2D eigenvalue weighted by Gasteiger charge is 2.25. The first-order valence-electron chi connectivity index (χ1n) is 5.11. The minimum atomic E-state index is -0.420. The molecule has 0 saturated heterocycles. The second kappa shape index (κ2) is 4.05. The Morgan fingerprint density at radius 2 is 2.29 bits per heavy atom. The van der Waals surface area contributed by atoms with Crippen LogP contribution >= 0.6 is 0 Å². The number of nitrogens with zero attached hydrogens (tertiary/aromatic N) is 1. The van der Waals surface area contributed by atoms with Crippen molar-refractivity contribution in [1.82, 2.24) is 4.98 Å². The van der Waals surface area contributed by atoms with Crippen LogP contribution in [-0.4, -0.2) is 11.5 Å². The molecule has 1 aliphatic carbocycles. The van der Waals surface area contributed by atoms with Gasteiger partial charge in [0.15, 0.2) is 0 Å². The molecule has 2 N–H and O–H groups in total. The lowest BCUT2D eigenvalue weighted by atomic mass is 9.95. The van der Waals surface area contributed by atoms with Gasteiger partial charge in [-0.25, -0.2) is 4.98 Å². The maximum absolute atomic E-state index is 12.6. The number of hydrogen-bond acceptors (Lipinski definition) is 2. The molecule has 2 rings (SSSR count). The Hall–Kier alpha value is -0.960. The van der Waals surface area contributed by atoms with E-state index in [4.69, 9.17) is 5.73 Å². The summed E-state index contributed by atoms with van der Waals surface area (Å²) in [5, 5.41) is 0. The molecule has 1 unspecified atom stereocenters. The van der Waals surface area contributed by atoms with Crippen molar-refractivity contribution >= 4 is 0 Å². The third-order valence-corrected chi connectivity index (χ3v) is 2.82. The molecule has 76 valence electrons. The Kier molecular flexibility index (Phi) is 2.77. The molecule has 0 aromatic carbocycles. The maximum Gasteiger partial charge on any atom is 0.212 e. The zero-order valence-corrected chi connectivity index (χ0v) is 8.12. The first kappa shape index (κ1) is 9.59. The summed E-state index contributed by atoms with van der Waals surface area (Å²) in [5.74, 6) is 0.778. The van der Waals surface area contributed by atoms with Crippen LogP contribution in [0.25, 0.3) is 0 Å². The SMILES string of the molecule is NCC(CC1CC1)c1ccc(F)nc1. The van der Waals surface area contributed by atoms with Crippen LogP contribution in [0.2, 0.25) is 0 Å². The van der Waals surface area contributed by atoms with Gasteiger partial charge in [-0.05, 0) is 36.4 Å². The van der Waals surface area contributed by atoms with Gasteiger partial charge in [0, 0.05) is 6.20 Å². The quantitative estimate of drug-likeness (QED) is 0.745. The molecule has 0 radical (unpaired) electrons. The number of aromatic nitrogens is 1. The molecular formula is C11H15FN2. The lowest BCUT2D eigenvalue weighted by Gasteiger charge is -2.13. The van der Waals surface area contributed by atoms with Gasteiger partial charge in [0.2, 0.25) is 5.95 Å². The first-order chi connectivity index (χ1) is 6.79. The summed E-state index contributed by atoms with van der Waals surface area (Å²) in [7, 11) is 0. The molecule has 1 saturated carbocycles. The summed E-state index contributed by atoms with van der Waals surface area (Å²) in [4.78, 5) is 3.65. The van der Waals surface area contributed by atoms with Crippen LogP contribution < -0.4 is 5.73 Å². The number of pyridine rings is 1. The summed E-state index contributed by atoms with van der Waals surface area (Å²) in [6.07, 6.45) is 5.38. The molecule has 1 aliphatic rings. The topological polar surface area (TPSA) is 38.9 Å². The Labute approximate surface area is 83.3 Å². The molecule has 0 aliphatic heterocycles. The second-order valence-corrected chi connectivity index (χ2v) is 4.03. The van der Waals surface area contributed by atoms with E-state index in [0.717, 1.165) is 17.9 Å².